The standard InChI is InChI=1S/C19H20N8O6/c20-19-26-15-14(17(31)27(19)21)24-11(8-23-15)7-22-10-3-1-9(2-4-10)16(30)25-12(18(32)33)5-6-13(28)29/h1-4,8,12,14,20,22H,5-7,21H2,(H,25,30)(H,28,29)(H,32,33). The number of nitrogens with zero attached hydrogens (tertiary/aromatic N) is 4. The third-order valence-electron chi connectivity index (χ3n) is 4.68. The highest BCUT2D eigenvalue weighted by atomic mass is 16.4. The zero-order valence-corrected chi connectivity index (χ0v) is 17.1. The normalized spacial score (nSPS) is 18.1. The van der Waals surface area contributed by atoms with Crippen LogP contribution in [-0.2, 0) is 14.4 Å². The van der Waals surface area contributed by atoms with E-state index in [0.717, 1.165) is 0 Å². The van der Waals surface area contributed by atoms with Gasteiger partial charge in [-0.3, -0.25) is 24.8 Å². The van der Waals surface area contributed by atoms with E-state index in [0.29, 0.717) is 16.4 Å². The molecule has 2 heterocycles. The summed E-state index contributed by atoms with van der Waals surface area (Å²) in [7, 11) is 0. The van der Waals surface area contributed by atoms with Crippen LogP contribution in [-0.4, -0.2) is 81.3 Å². The highest BCUT2D eigenvalue weighted by molar-refractivity contribution is 6.38. The molecule has 2 amide bonds. The van der Waals surface area contributed by atoms with Gasteiger partial charge in [-0.05, 0) is 30.7 Å². The lowest BCUT2D eigenvalue weighted by Crippen LogP contribution is -2.53. The fourth-order valence-electron chi connectivity index (χ4n) is 2.91. The molecule has 172 valence electrons. The maximum Gasteiger partial charge on any atom is 0.326 e. The summed E-state index contributed by atoms with van der Waals surface area (Å²) in [5.74, 6) is 1.41. The molecule has 2 aliphatic rings. The van der Waals surface area contributed by atoms with Gasteiger partial charge in [0.15, 0.2) is 11.9 Å². The van der Waals surface area contributed by atoms with E-state index in [4.69, 9.17) is 21.5 Å². The SMILES string of the molecule is N=C1N=C2N=CC(CNc3ccc(C(=O)NC(CCC(=O)O)C(=O)O)cc3)=NC2C(=O)N1N. The number of carboxylic acid groups (broad SMARTS) is 2. The number of hydrogen-bond acceptors (Lipinski definition) is 9. The highest BCUT2D eigenvalue weighted by Crippen LogP contribution is 2.13. The highest BCUT2D eigenvalue weighted by Gasteiger charge is 2.35. The van der Waals surface area contributed by atoms with Crippen LogP contribution in [0.5, 0.6) is 0 Å². The first-order chi connectivity index (χ1) is 15.7. The van der Waals surface area contributed by atoms with Gasteiger partial charge in [-0.1, -0.05) is 0 Å². The summed E-state index contributed by atoms with van der Waals surface area (Å²) in [6.07, 6.45) is 0.789. The number of nitrogens with two attached hydrogens (primary N) is 1. The van der Waals surface area contributed by atoms with Gasteiger partial charge in [-0.25, -0.2) is 20.6 Å². The van der Waals surface area contributed by atoms with Crippen molar-refractivity contribution >= 4 is 53.2 Å². The Kier molecular flexibility index (Phi) is 6.88. The molecule has 3 rings (SSSR count). The minimum Gasteiger partial charge on any atom is -0.481 e. The molecule has 0 aliphatic carbocycles. The van der Waals surface area contributed by atoms with Crippen LogP contribution in [0.2, 0.25) is 0 Å². The summed E-state index contributed by atoms with van der Waals surface area (Å²) in [6, 6.07) is 3.78. The largest absolute Gasteiger partial charge is 0.481 e. The minimum absolute atomic E-state index is 0.0915. The molecule has 14 nitrogen and oxygen atoms in total. The van der Waals surface area contributed by atoms with Crippen LogP contribution in [0.1, 0.15) is 23.2 Å². The van der Waals surface area contributed by atoms with Crippen LogP contribution in [0.3, 0.4) is 0 Å². The Morgan fingerprint density at radius 1 is 1.21 bits per heavy atom. The fraction of sp³-hybridized carbons (Fsp3) is 0.263. The average molecular weight is 456 g/mol. The van der Waals surface area contributed by atoms with Crippen molar-refractivity contribution in [3.8, 4) is 0 Å². The quantitative estimate of drug-likeness (QED) is 0.201. The molecule has 14 heteroatoms. The smallest absolute Gasteiger partial charge is 0.326 e. The average Bonchev–Trinajstić information content (AvgIpc) is 2.79. The summed E-state index contributed by atoms with van der Waals surface area (Å²) < 4.78 is 0. The number of aliphatic imine (C=N–C) groups is 3. The molecule has 0 spiro atoms. The summed E-state index contributed by atoms with van der Waals surface area (Å²) in [5, 5.41) is 31.3. The first-order valence-electron chi connectivity index (χ1n) is 9.61. The lowest BCUT2D eigenvalue weighted by atomic mass is 10.1. The van der Waals surface area contributed by atoms with E-state index < -0.39 is 41.8 Å². The van der Waals surface area contributed by atoms with Crippen molar-refractivity contribution in [1.29, 1.82) is 5.41 Å². The molecule has 33 heavy (non-hydrogen) atoms. The van der Waals surface area contributed by atoms with E-state index in [1.807, 2.05) is 0 Å². The first-order valence-corrected chi connectivity index (χ1v) is 9.61. The molecule has 0 aromatic heterocycles. The van der Waals surface area contributed by atoms with Crippen LogP contribution in [0, 0.1) is 5.41 Å². The Morgan fingerprint density at radius 2 is 1.91 bits per heavy atom. The number of carboxylic acids is 2. The van der Waals surface area contributed by atoms with E-state index in [9.17, 15) is 19.2 Å². The molecule has 1 aromatic carbocycles. The number of fused-ring (bicyclic) bond motifs is 1. The van der Waals surface area contributed by atoms with Crippen LogP contribution >= 0.6 is 0 Å². The Morgan fingerprint density at radius 3 is 2.55 bits per heavy atom. The first kappa shape index (κ1) is 23.2. The van der Waals surface area contributed by atoms with Crippen molar-refractivity contribution < 1.29 is 29.4 Å². The Labute approximate surface area is 186 Å². The van der Waals surface area contributed by atoms with Crippen LogP contribution < -0.4 is 16.5 Å². The van der Waals surface area contributed by atoms with Gasteiger partial charge in [0.2, 0.25) is 5.96 Å². The predicted molar refractivity (Wildman–Crippen MR) is 117 cm³/mol. The van der Waals surface area contributed by atoms with Gasteiger partial charge in [0.1, 0.15) is 6.04 Å². The van der Waals surface area contributed by atoms with Gasteiger partial charge in [-0.15, -0.1) is 0 Å². The van der Waals surface area contributed by atoms with Crippen molar-refractivity contribution in [2.45, 2.75) is 24.9 Å². The minimum atomic E-state index is -1.32. The molecule has 0 fully saturated rings. The number of amidine groups is 1. The maximum atomic E-state index is 12.3. The number of rotatable bonds is 9. The van der Waals surface area contributed by atoms with E-state index in [2.05, 4.69) is 25.6 Å². The second-order valence-electron chi connectivity index (χ2n) is 7.01. The lowest BCUT2D eigenvalue weighted by molar-refractivity contribution is -0.140. The number of hydrogen-bond donors (Lipinski definition) is 6. The number of benzene rings is 1. The second-order valence-corrected chi connectivity index (χ2v) is 7.01. The molecule has 2 unspecified atom stereocenters. The van der Waals surface area contributed by atoms with Crippen LogP contribution in [0.4, 0.5) is 5.69 Å². The number of hydrazine groups is 1. The lowest BCUT2D eigenvalue weighted by Gasteiger charge is -2.26. The molecule has 1 aromatic rings. The third kappa shape index (κ3) is 5.62. The van der Waals surface area contributed by atoms with Crippen LogP contribution in [0.25, 0.3) is 0 Å². The topological polar surface area (TPSA) is 223 Å². The van der Waals surface area contributed by atoms with Crippen LogP contribution in [0.15, 0.2) is 39.2 Å². The molecule has 2 aliphatic heterocycles. The number of guanidine groups is 1. The van der Waals surface area contributed by atoms with E-state index in [-0.39, 0.29) is 30.8 Å². The van der Waals surface area contributed by atoms with Crippen molar-refractivity contribution in [1.82, 2.24) is 10.3 Å². The van der Waals surface area contributed by atoms with E-state index in [1.165, 1.54) is 18.3 Å². The Bertz CT molecular complexity index is 1090. The van der Waals surface area contributed by atoms with Gasteiger partial charge >= 0.3 is 11.9 Å². The maximum absolute atomic E-state index is 12.3. The fourth-order valence-corrected chi connectivity index (χ4v) is 2.91. The third-order valence-corrected chi connectivity index (χ3v) is 4.68. The monoisotopic (exact) mass is 456 g/mol. The summed E-state index contributed by atoms with van der Waals surface area (Å²) in [5.41, 5.74) is 1.25. The summed E-state index contributed by atoms with van der Waals surface area (Å²) >= 11 is 0. The molecule has 0 saturated heterocycles. The van der Waals surface area contributed by atoms with E-state index in [1.54, 1.807) is 12.1 Å². The zero-order chi connectivity index (χ0) is 24.1. The molecule has 0 radical (unpaired) electrons. The molecule has 7 N–H and O–H groups in total. The van der Waals surface area contributed by atoms with Gasteiger partial charge in [0, 0.05) is 17.7 Å². The Hall–Kier alpha value is -4.46. The number of anilines is 1. The predicted octanol–water partition coefficient (Wildman–Crippen LogP) is -0.911. The van der Waals surface area contributed by atoms with Crippen molar-refractivity contribution in [3.05, 3.63) is 29.8 Å². The Balaban J connectivity index is 1.58. The van der Waals surface area contributed by atoms with Gasteiger partial charge in [-0.2, -0.15) is 4.99 Å². The van der Waals surface area contributed by atoms with Gasteiger partial charge in [0.05, 0.1) is 18.5 Å². The second kappa shape index (κ2) is 9.78. The molecule has 0 saturated carbocycles. The molecule has 2 atom stereocenters. The number of aliphatic carboxylic acids is 2. The number of carbonyl (C=O) groups is 4. The zero-order valence-electron chi connectivity index (χ0n) is 17.1. The van der Waals surface area contributed by atoms with Crippen molar-refractivity contribution in [3.63, 3.8) is 0 Å². The number of carbonyl (C=O) groups excluding carboxylic acids is 2. The number of amides is 2. The van der Waals surface area contributed by atoms with Crippen molar-refractivity contribution in [2.24, 2.45) is 20.8 Å². The van der Waals surface area contributed by atoms with Gasteiger partial charge in [0.25, 0.3) is 11.8 Å². The van der Waals surface area contributed by atoms with Crippen molar-refractivity contribution in [2.75, 3.05) is 11.9 Å². The number of nitrogens with one attached hydrogen (secondary N) is 3. The summed E-state index contributed by atoms with van der Waals surface area (Å²) in [6.45, 7) is 0.199. The van der Waals surface area contributed by atoms with E-state index >= 15 is 0 Å². The molecule has 0 bridgehead atoms. The molecular weight excluding hydrogens is 436 g/mol. The molecular formula is C19H20N8O6. The summed E-state index contributed by atoms with van der Waals surface area (Å²) in [4.78, 5) is 58.4. The van der Waals surface area contributed by atoms with Gasteiger partial charge < -0.3 is 20.8 Å².